The van der Waals surface area contributed by atoms with Crippen LogP contribution in [0.1, 0.15) is 11.3 Å². The minimum absolute atomic E-state index is 0.434. The zero-order valence-electron chi connectivity index (χ0n) is 13.5. The summed E-state index contributed by atoms with van der Waals surface area (Å²) in [6.45, 7) is 4.36. The normalized spacial score (nSPS) is 19.3. The highest BCUT2D eigenvalue weighted by atomic mass is 16.5. The van der Waals surface area contributed by atoms with E-state index in [2.05, 4.69) is 31.2 Å². The first-order valence-corrected chi connectivity index (χ1v) is 8.02. The van der Waals surface area contributed by atoms with Gasteiger partial charge in [-0.3, -0.25) is 14.9 Å². The highest BCUT2D eigenvalue weighted by Gasteiger charge is 2.20. The number of nitrogens with one attached hydrogen (secondary N) is 1. The van der Waals surface area contributed by atoms with Gasteiger partial charge in [-0.2, -0.15) is 0 Å². The molecule has 6 nitrogen and oxygen atoms in total. The van der Waals surface area contributed by atoms with Gasteiger partial charge in [0.15, 0.2) is 0 Å². The van der Waals surface area contributed by atoms with E-state index >= 15 is 0 Å². The molecule has 1 aliphatic heterocycles. The molecule has 0 aliphatic carbocycles. The number of hydrogen-bond donors (Lipinski definition) is 1. The lowest BCUT2D eigenvalue weighted by Crippen LogP contribution is -2.31. The summed E-state index contributed by atoms with van der Waals surface area (Å²) in [6.07, 6.45) is 8.02. The van der Waals surface area contributed by atoms with Crippen LogP contribution in [0.5, 0.6) is 0 Å². The van der Waals surface area contributed by atoms with Crippen molar-refractivity contribution in [2.24, 2.45) is 5.92 Å². The minimum atomic E-state index is 0.434. The molecule has 0 bridgehead atoms. The van der Waals surface area contributed by atoms with E-state index in [4.69, 9.17) is 4.74 Å². The first-order valence-electron chi connectivity index (χ1n) is 8.02. The average molecular weight is 313 g/mol. The topological polar surface area (TPSA) is 63.2 Å². The summed E-state index contributed by atoms with van der Waals surface area (Å²) in [7, 11) is 1.91. The lowest BCUT2D eigenvalue weighted by atomic mass is 10.0. The van der Waals surface area contributed by atoms with Crippen molar-refractivity contribution in [3.8, 4) is 0 Å². The van der Waals surface area contributed by atoms with Gasteiger partial charge in [-0.15, -0.1) is 0 Å². The van der Waals surface area contributed by atoms with Gasteiger partial charge in [0.05, 0.1) is 18.9 Å². The summed E-state index contributed by atoms with van der Waals surface area (Å²) >= 11 is 0. The van der Waals surface area contributed by atoms with Gasteiger partial charge in [-0.25, -0.2) is 4.98 Å². The number of hydrogen-bond acceptors (Lipinski definition) is 6. The van der Waals surface area contributed by atoms with Gasteiger partial charge >= 0.3 is 0 Å². The molecule has 1 atom stereocenters. The van der Waals surface area contributed by atoms with Crippen LogP contribution in [-0.4, -0.2) is 53.2 Å². The number of rotatable bonds is 5. The van der Waals surface area contributed by atoms with E-state index in [0.717, 1.165) is 50.8 Å². The Morgan fingerprint density at radius 1 is 1.30 bits per heavy atom. The number of nitrogens with zero attached hydrogens (tertiary/aromatic N) is 4. The van der Waals surface area contributed by atoms with Crippen LogP contribution in [0.4, 0.5) is 5.82 Å². The lowest BCUT2D eigenvalue weighted by Gasteiger charge is -2.24. The molecule has 1 saturated heterocycles. The maximum absolute atomic E-state index is 5.78. The first-order chi connectivity index (χ1) is 11.3. The maximum atomic E-state index is 5.78. The Balaban J connectivity index is 1.65. The summed E-state index contributed by atoms with van der Waals surface area (Å²) < 4.78 is 5.78. The Morgan fingerprint density at radius 2 is 2.26 bits per heavy atom. The quantitative estimate of drug-likeness (QED) is 0.905. The molecule has 0 amide bonds. The highest BCUT2D eigenvalue weighted by molar-refractivity contribution is 5.42. The monoisotopic (exact) mass is 313 g/mol. The summed E-state index contributed by atoms with van der Waals surface area (Å²) in [5.41, 5.74) is 2.25. The highest BCUT2D eigenvalue weighted by Crippen LogP contribution is 2.17. The van der Waals surface area contributed by atoms with E-state index < -0.39 is 0 Å². The van der Waals surface area contributed by atoms with E-state index in [1.165, 1.54) is 5.56 Å². The molecule has 0 spiro atoms. The Hall–Kier alpha value is -2.05. The fourth-order valence-electron chi connectivity index (χ4n) is 2.98. The standard InChI is InChI=1S/C17H23N5O/c1-18-17-15(3-2-4-21-17)12-22-7-8-23-13-14(11-22)9-16-10-19-5-6-20-16/h2-6,10,14H,7-9,11-13H2,1H3,(H,18,21). The molecule has 23 heavy (non-hydrogen) atoms. The molecule has 1 N–H and O–H groups in total. The maximum Gasteiger partial charge on any atom is 0.130 e. The smallest absolute Gasteiger partial charge is 0.130 e. The van der Waals surface area contributed by atoms with Gasteiger partial charge in [0.25, 0.3) is 0 Å². The second-order valence-corrected chi connectivity index (χ2v) is 5.84. The van der Waals surface area contributed by atoms with Crippen LogP contribution in [0.15, 0.2) is 36.9 Å². The van der Waals surface area contributed by atoms with E-state index in [-0.39, 0.29) is 0 Å². The molecular weight excluding hydrogens is 290 g/mol. The fourth-order valence-corrected chi connectivity index (χ4v) is 2.98. The molecular formula is C17H23N5O. The predicted octanol–water partition coefficient (Wildman–Crippen LogP) is 1.60. The Kier molecular flexibility index (Phi) is 5.50. The van der Waals surface area contributed by atoms with E-state index in [9.17, 15) is 0 Å². The molecule has 1 unspecified atom stereocenters. The SMILES string of the molecule is CNc1ncccc1CN1CCOCC(Cc2cnccn2)C1. The van der Waals surface area contributed by atoms with Gasteiger partial charge in [-0.1, -0.05) is 6.07 Å². The molecule has 6 heteroatoms. The summed E-state index contributed by atoms with van der Waals surface area (Å²) in [4.78, 5) is 15.4. The van der Waals surface area contributed by atoms with Crippen molar-refractivity contribution in [3.63, 3.8) is 0 Å². The van der Waals surface area contributed by atoms with Crippen molar-refractivity contribution in [3.05, 3.63) is 48.2 Å². The molecule has 1 fully saturated rings. The second-order valence-electron chi connectivity index (χ2n) is 5.84. The molecule has 2 aromatic heterocycles. The van der Waals surface area contributed by atoms with Crippen molar-refractivity contribution >= 4 is 5.82 Å². The zero-order valence-corrected chi connectivity index (χ0v) is 13.5. The van der Waals surface area contributed by atoms with Crippen molar-refractivity contribution in [2.45, 2.75) is 13.0 Å². The Morgan fingerprint density at radius 3 is 3.09 bits per heavy atom. The lowest BCUT2D eigenvalue weighted by molar-refractivity contribution is 0.121. The van der Waals surface area contributed by atoms with Crippen molar-refractivity contribution in [1.82, 2.24) is 19.9 Å². The number of ether oxygens (including phenoxy) is 1. The van der Waals surface area contributed by atoms with Crippen LogP contribution in [-0.2, 0) is 17.7 Å². The van der Waals surface area contributed by atoms with Gasteiger partial charge in [0.2, 0.25) is 0 Å². The summed E-state index contributed by atoms with van der Waals surface area (Å²) in [5, 5.41) is 3.16. The van der Waals surface area contributed by atoms with Gasteiger partial charge in [-0.05, 0) is 12.5 Å². The molecule has 3 heterocycles. The molecule has 0 aromatic carbocycles. The summed E-state index contributed by atoms with van der Waals surface area (Å²) in [5.74, 6) is 1.38. The van der Waals surface area contributed by atoms with Crippen LogP contribution < -0.4 is 5.32 Å². The third-order valence-electron chi connectivity index (χ3n) is 4.06. The van der Waals surface area contributed by atoms with Crippen molar-refractivity contribution in [2.75, 3.05) is 38.7 Å². The third kappa shape index (κ3) is 4.46. The van der Waals surface area contributed by atoms with Gasteiger partial charge in [0.1, 0.15) is 5.82 Å². The van der Waals surface area contributed by atoms with Crippen LogP contribution in [0, 0.1) is 5.92 Å². The fraction of sp³-hybridized carbons (Fsp3) is 0.471. The molecule has 0 saturated carbocycles. The molecule has 3 rings (SSSR count). The minimum Gasteiger partial charge on any atom is -0.380 e. The van der Waals surface area contributed by atoms with Crippen LogP contribution in [0.25, 0.3) is 0 Å². The number of aromatic nitrogens is 3. The van der Waals surface area contributed by atoms with Crippen molar-refractivity contribution in [1.29, 1.82) is 0 Å². The van der Waals surface area contributed by atoms with Crippen LogP contribution >= 0.6 is 0 Å². The zero-order chi connectivity index (χ0) is 15.9. The summed E-state index contributed by atoms with van der Waals surface area (Å²) in [6, 6.07) is 4.11. The van der Waals surface area contributed by atoms with Gasteiger partial charge in [0, 0.05) is 63.0 Å². The van der Waals surface area contributed by atoms with Crippen LogP contribution in [0.2, 0.25) is 0 Å². The molecule has 2 aromatic rings. The van der Waals surface area contributed by atoms with Gasteiger partial charge < -0.3 is 10.1 Å². The van der Waals surface area contributed by atoms with Crippen LogP contribution in [0.3, 0.4) is 0 Å². The van der Waals surface area contributed by atoms with Crippen molar-refractivity contribution < 1.29 is 4.74 Å². The first kappa shape index (κ1) is 15.8. The molecule has 122 valence electrons. The van der Waals surface area contributed by atoms with E-state index in [0.29, 0.717) is 5.92 Å². The predicted molar refractivity (Wildman–Crippen MR) is 89.1 cm³/mol. The number of pyridine rings is 1. The average Bonchev–Trinajstić information content (AvgIpc) is 2.81. The second kappa shape index (κ2) is 7.99. The molecule has 1 aliphatic rings. The Bertz CT molecular complexity index is 607. The Labute approximate surface area is 136 Å². The largest absolute Gasteiger partial charge is 0.380 e. The molecule has 0 radical (unpaired) electrons. The van der Waals surface area contributed by atoms with E-state index in [1.54, 1.807) is 12.4 Å². The third-order valence-corrected chi connectivity index (χ3v) is 4.06. The number of anilines is 1. The van der Waals surface area contributed by atoms with E-state index in [1.807, 2.05) is 25.5 Å².